The second-order valence-corrected chi connectivity index (χ2v) is 6.22. The Morgan fingerprint density at radius 3 is 2.88 bits per heavy atom. The van der Waals surface area contributed by atoms with E-state index >= 15 is 0 Å². The van der Waals surface area contributed by atoms with Crippen molar-refractivity contribution in [1.82, 2.24) is 10.2 Å². The average molecular weight is 340 g/mol. The normalized spacial score (nSPS) is 16.2. The molecule has 0 bridgehead atoms. The number of nitrogens with zero attached hydrogens (tertiary/aromatic N) is 3. The first-order valence-electron chi connectivity index (χ1n) is 7.64. The van der Waals surface area contributed by atoms with Crippen LogP contribution >= 0.6 is 11.6 Å². The van der Waals surface area contributed by atoms with Crippen molar-refractivity contribution in [3.63, 3.8) is 0 Å². The third-order valence-electron chi connectivity index (χ3n) is 4.11. The van der Waals surface area contributed by atoms with Crippen molar-refractivity contribution >= 4 is 23.2 Å². The number of carbonyl (C=O) groups excluding carboxylic acids is 1. The molecule has 1 atom stereocenters. The molecule has 1 amide bonds. The van der Waals surface area contributed by atoms with Crippen LogP contribution in [0.2, 0.25) is 5.02 Å². The number of amides is 1. The molecule has 3 aromatic rings. The Labute approximate surface area is 143 Å². The number of hydrogen-bond donors (Lipinski definition) is 0. The molecule has 2 heterocycles. The third kappa shape index (κ3) is 2.47. The van der Waals surface area contributed by atoms with Crippen LogP contribution in [0.3, 0.4) is 0 Å². The molecule has 1 unspecified atom stereocenters. The molecule has 0 spiro atoms. The molecule has 1 aromatic heterocycles. The lowest BCUT2D eigenvalue weighted by Gasteiger charge is -2.20. The van der Waals surface area contributed by atoms with Gasteiger partial charge in [-0.1, -0.05) is 35.9 Å². The summed E-state index contributed by atoms with van der Waals surface area (Å²) in [4.78, 5) is 14.5. The van der Waals surface area contributed by atoms with Crippen LogP contribution in [0, 0.1) is 0 Å². The number of benzene rings is 2. The maximum absolute atomic E-state index is 12.8. The second-order valence-electron chi connectivity index (χ2n) is 5.78. The van der Waals surface area contributed by atoms with Gasteiger partial charge in [0.05, 0.1) is 0 Å². The minimum Gasteiger partial charge on any atom is -0.412 e. The molecular weight excluding hydrogens is 326 g/mol. The minimum absolute atomic E-state index is 0.0199. The van der Waals surface area contributed by atoms with E-state index < -0.39 is 0 Å². The monoisotopic (exact) mass is 339 g/mol. The van der Waals surface area contributed by atoms with Crippen molar-refractivity contribution < 1.29 is 9.21 Å². The number of carbonyl (C=O) groups is 1. The summed E-state index contributed by atoms with van der Waals surface area (Å²) in [5.41, 5.74) is 2.73. The summed E-state index contributed by atoms with van der Waals surface area (Å²) in [6, 6.07) is 15.0. The van der Waals surface area contributed by atoms with Crippen molar-refractivity contribution in [2.75, 3.05) is 4.90 Å². The van der Waals surface area contributed by atoms with Crippen LogP contribution in [0.4, 0.5) is 5.69 Å². The van der Waals surface area contributed by atoms with Crippen LogP contribution in [-0.4, -0.2) is 22.1 Å². The first kappa shape index (κ1) is 14.9. The molecule has 0 N–H and O–H groups in total. The van der Waals surface area contributed by atoms with Gasteiger partial charge in [-0.05, 0) is 43.2 Å². The molecule has 24 heavy (non-hydrogen) atoms. The lowest BCUT2D eigenvalue weighted by Crippen LogP contribution is -2.35. The smallest absolute Gasteiger partial charge is 0.316 e. The number of hydrogen-bond acceptors (Lipinski definition) is 4. The fourth-order valence-corrected chi connectivity index (χ4v) is 3.22. The largest absolute Gasteiger partial charge is 0.412 e. The number of halogens is 1. The zero-order valence-electron chi connectivity index (χ0n) is 12.9. The summed E-state index contributed by atoms with van der Waals surface area (Å²) in [6.45, 7) is 2.01. The van der Waals surface area contributed by atoms with Gasteiger partial charge in [0, 0.05) is 22.3 Å². The molecule has 120 valence electrons. The molecule has 0 radical (unpaired) electrons. The highest BCUT2D eigenvalue weighted by Crippen LogP contribution is 2.33. The Bertz CT molecular complexity index is 922. The molecule has 2 aromatic carbocycles. The fourth-order valence-electron chi connectivity index (χ4n) is 3.03. The van der Waals surface area contributed by atoms with E-state index in [1.165, 1.54) is 0 Å². The van der Waals surface area contributed by atoms with Gasteiger partial charge in [-0.25, -0.2) is 0 Å². The van der Waals surface area contributed by atoms with Crippen LogP contribution in [0.25, 0.3) is 11.5 Å². The van der Waals surface area contributed by atoms with Gasteiger partial charge >= 0.3 is 11.8 Å². The van der Waals surface area contributed by atoms with E-state index in [1.807, 2.05) is 31.2 Å². The van der Waals surface area contributed by atoms with E-state index in [1.54, 1.807) is 29.2 Å². The second kappa shape index (κ2) is 5.76. The Morgan fingerprint density at radius 1 is 1.21 bits per heavy atom. The quantitative estimate of drug-likeness (QED) is 0.708. The summed E-state index contributed by atoms with van der Waals surface area (Å²) in [5, 5.41) is 8.47. The number of para-hydroxylation sites is 1. The van der Waals surface area contributed by atoms with Gasteiger partial charge in [-0.3, -0.25) is 4.79 Å². The maximum Gasteiger partial charge on any atom is 0.316 e. The molecule has 0 saturated carbocycles. The summed E-state index contributed by atoms with van der Waals surface area (Å²) >= 11 is 5.98. The van der Waals surface area contributed by atoms with Crippen LogP contribution in [0.15, 0.2) is 52.9 Å². The summed E-state index contributed by atoms with van der Waals surface area (Å²) in [6.07, 6.45) is 0.817. The van der Waals surface area contributed by atoms with Gasteiger partial charge in [-0.2, -0.15) is 0 Å². The number of aromatic nitrogens is 2. The third-order valence-corrected chi connectivity index (χ3v) is 4.34. The highest BCUT2D eigenvalue weighted by molar-refractivity contribution is 6.30. The molecule has 6 heteroatoms. The van der Waals surface area contributed by atoms with Crippen molar-refractivity contribution in [3.05, 3.63) is 65.0 Å². The van der Waals surface area contributed by atoms with Gasteiger partial charge < -0.3 is 9.32 Å². The van der Waals surface area contributed by atoms with Gasteiger partial charge in [-0.15, -0.1) is 10.2 Å². The Morgan fingerprint density at radius 2 is 2.04 bits per heavy atom. The van der Waals surface area contributed by atoms with Crippen LogP contribution < -0.4 is 4.90 Å². The number of fused-ring (bicyclic) bond motifs is 1. The highest BCUT2D eigenvalue weighted by Gasteiger charge is 2.34. The summed E-state index contributed by atoms with van der Waals surface area (Å²) in [7, 11) is 0. The molecular formula is C18H14ClN3O2. The molecule has 1 aliphatic heterocycles. The van der Waals surface area contributed by atoms with Gasteiger partial charge in [0.15, 0.2) is 0 Å². The molecule has 0 fully saturated rings. The maximum atomic E-state index is 12.8. The lowest BCUT2D eigenvalue weighted by atomic mass is 10.1. The van der Waals surface area contributed by atoms with Crippen molar-refractivity contribution in [2.45, 2.75) is 19.4 Å². The molecule has 5 nitrogen and oxygen atoms in total. The Kier molecular flexibility index (Phi) is 3.58. The summed E-state index contributed by atoms with van der Waals surface area (Å²) in [5.74, 6) is -0.0252. The first-order chi connectivity index (χ1) is 11.6. The van der Waals surface area contributed by atoms with E-state index in [-0.39, 0.29) is 23.7 Å². The fraction of sp³-hybridized carbons (Fsp3) is 0.167. The molecule has 0 saturated heterocycles. The van der Waals surface area contributed by atoms with E-state index in [2.05, 4.69) is 10.2 Å². The van der Waals surface area contributed by atoms with Crippen molar-refractivity contribution in [3.8, 4) is 11.5 Å². The average Bonchev–Trinajstić information content (AvgIpc) is 3.18. The van der Waals surface area contributed by atoms with E-state index in [9.17, 15) is 4.79 Å². The summed E-state index contributed by atoms with van der Waals surface area (Å²) < 4.78 is 5.59. The number of rotatable bonds is 2. The highest BCUT2D eigenvalue weighted by atomic mass is 35.5. The van der Waals surface area contributed by atoms with E-state index in [0.717, 1.165) is 17.7 Å². The molecule has 1 aliphatic rings. The van der Waals surface area contributed by atoms with Crippen LogP contribution in [0.5, 0.6) is 0 Å². The van der Waals surface area contributed by atoms with Crippen LogP contribution in [0.1, 0.15) is 23.2 Å². The Hall–Kier alpha value is -2.66. The number of anilines is 1. The standard InChI is InChI=1S/C18H14ClN3O2/c1-11-9-12-5-2-3-8-15(12)22(11)18(23)17-21-20-16(24-17)13-6-4-7-14(19)10-13/h2-8,10-11H,9H2,1H3. The Balaban J connectivity index is 1.67. The SMILES string of the molecule is CC1Cc2ccccc2N1C(=O)c1nnc(-c2cccc(Cl)c2)o1. The lowest BCUT2D eigenvalue weighted by molar-refractivity contribution is 0.0948. The predicted octanol–water partition coefficient (Wildman–Crippen LogP) is 3.98. The molecule has 0 aliphatic carbocycles. The van der Waals surface area contributed by atoms with Gasteiger partial charge in [0.2, 0.25) is 5.89 Å². The zero-order chi connectivity index (χ0) is 16.7. The van der Waals surface area contributed by atoms with Crippen molar-refractivity contribution in [1.29, 1.82) is 0 Å². The molecule has 4 rings (SSSR count). The predicted molar refractivity (Wildman–Crippen MR) is 91.2 cm³/mol. The van der Waals surface area contributed by atoms with Gasteiger partial charge in [0.25, 0.3) is 0 Å². The van der Waals surface area contributed by atoms with Gasteiger partial charge in [0.1, 0.15) is 0 Å². The minimum atomic E-state index is -0.284. The van der Waals surface area contributed by atoms with Crippen LogP contribution in [-0.2, 0) is 6.42 Å². The first-order valence-corrected chi connectivity index (χ1v) is 8.02. The topological polar surface area (TPSA) is 59.2 Å². The van der Waals surface area contributed by atoms with E-state index in [4.69, 9.17) is 16.0 Å². The van der Waals surface area contributed by atoms with E-state index in [0.29, 0.717) is 10.6 Å². The zero-order valence-corrected chi connectivity index (χ0v) is 13.7. The van der Waals surface area contributed by atoms with Crippen molar-refractivity contribution in [2.24, 2.45) is 0 Å².